The van der Waals surface area contributed by atoms with Crippen LogP contribution in [-0.2, 0) is 0 Å². The number of thiol groups is 2. The SMILES string of the molecule is N#CC(S)(S)C#N.[NaH].[NaH]. The molecule has 0 saturated carbocycles. The van der Waals surface area contributed by atoms with E-state index in [4.69, 9.17) is 10.5 Å². The maximum absolute atomic E-state index is 7.97. The van der Waals surface area contributed by atoms with Gasteiger partial charge in [-0.25, -0.2) is 0 Å². The van der Waals surface area contributed by atoms with E-state index in [2.05, 4.69) is 25.3 Å². The van der Waals surface area contributed by atoms with Crippen molar-refractivity contribution in [3.05, 3.63) is 0 Å². The standard InChI is InChI=1S/C3H2N2S2.2Na.2H/c4-1-3(6,7)2-5;;;;/h6-7H;;;;. The van der Waals surface area contributed by atoms with Crippen LogP contribution in [0.25, 0.3) is 0 Å². The molecule has 0 unspecified atom stereocenters. The first-order chi connectivity index (χ1) is 3.12. The summed E-state index contributed by atoms with van der Waals surface area (Å²) in [5.74, 6) is 0. The number of hydrogen-bond donors (Lipinski definition) is 2. The van der Waals surface area contributed by atoms with Gasteiger partial charge in [0, 0.05) is 0 Å². The van der Waals surface area contributed by atoms with E-state index in [1.807, 2.05) is 0 Å². The van der Waals surface area contributed by atoms with E-state index in [0.29, 0.717) is 0 Å². The molecule has 0 bridgehead atoms. The Morgan fingerprint density at radius 2 is 1.22 bits per heavy atom. The van der Waals surface area contributed by atoms with Gasteiger partial charge in [-0.3, -0.25) is 0 Å². The van der Waals surface area contributed by atoms with Crippen molar-refractivity contribution in [2.24, 2.45) is 0 Å². The summed E-state index contributed by atoms with van der Waals surface area (Å²) in [6.07, 6.45) is 0. The Bertz CT molecular complexity index is 129. The molecule has 0 aromatic heterocycles. The second-order valence-corrected chi connectivity index (χ2v) is 2.59. The number of nitrogens with zero attached hydrogens (tertiary/aromatic N) is 2. The molecular formula is C3H4N2Na2S2. The molecule has 9 heavy (non-hydrogen) atoms. The van der Waals surface area contributed by atoms with E-state index in [0.717, 1.165) is 0 Å². The van der Waals surface area contributed by atoms with Crippen molar-refractivity contribution in [1.82, 2.24) is 0 Å². The van der Waals surface area contributed by atoms with Gasteiger partial charge in [-0.15, -0.1) is 25.3 Å². The average molecular weight is 178 g/mol. The summed E-state index contributed by atoms with van der Waals surface area (Å²) in [7, 11) is 0. The molecule has 0 radical (unpaired) electrons. The monoisotopic (exact) mass is 178 g/mol. The van der Waals surface area contributed by atoms with Crippen molar-refractivity contribution >= 4 is 84.4 Å². The van der Waals surface area contributed by atoms with Crippen molar-refractivity contribution in [3.63, 3.8) is 0 Å². The van der Waals surface area contributed by atoms with Crippen LogP contribution in [0.4, 0.5) is 0 Å². The molecule has 0 aliphatic carbocycles. The Balaban J connectivity index is -0.000000180. The average Bonchev–Trinajstić information content (AvgIpc) is 1.68. The Morgan fingerprint density at radius 3 is 1.22 bits per heavy atom. The zero-order chi connectivity index (χ0) is 5.91. The molecule has 0 heterocycles. The Labute approximate surface area is 109 Å². The fraction of sp³-hybridized carbons (Fsp3) is 0.333. The van der Waals surface area contributed by atoms with Crippen LogP contribution in [0.15, 0.2) is 0 Å². The van der Waals surface area contributed by atoms with E-state index < -0.39 is 4.08 Å². The Morgan fingerprint density at radius 1 is 1.00 bits per heavy atom. The Hall–Kier alpha value is 1.68. The minimum absolute atomic E-state index is 0. The molecule has 0 aromatic rings. The van der Waals surface area contributed by atoms with Crippen LogP contribution in [-0.4, -0.2) is 63.2 Å². The number of hydrogen-bond acceptors (Lipinski definition) is 4. The van der Waals surface area contributed by atoms with E-state index in [9.17, 15) is 0 Å². The van der Waals surface area contributed by atoms with Gasteiger partial charge in [0.1, 0.15) is 12.1 Å². The molecule has 0 aromatic carbocycles. The number of nitriles is 2. The van der Waals surface area contributed by atoms with Gasteiger partial charge in [0.15, 0.2) is 0 Å². The minimum atomic E-state index is -1.42. The predicted octanol–water partition coefficient (Wildman–Crippen LogP) is -0.708. The van der Waals surface area contributed by atoms with Crippen LogP contribution < -0.4 is 0 Å². The van der Waals surface area contributed by atoms with E-state index >= 15 is 0 Å². The van der Waals surface area contributed by atoms with Gasteiger partial charge in [0.2, 0.25) is 4.08 Å². The third-order valence-electron chi connectivity index (χ3n) is 0.312. The molecule has 0 N–H and O–H groups in total. The van der Waals surface area contributed by atoms with Gasteiger partial charge in [-0.05, 0) is 0 Å². The summed E-state index contributed by atoms with van der Waals surface area (Å²) in [4.78, 5) is 0. The summed E-state index contributed by atoms with van der Waals surface area (Å²) in [6.45, 7) is 0. The molecule has 2 nitrogen and oxygen atoms in total. The molecular weight excluding hydrogens is 174 g/mol. The van der Waals surface area contributed by atoms with Crippen LogP contribution in [0.5, 0.6) is 0 Å². The summed E-state index contributed by atoms with van der Waals surface area (Å²) in [5.41, 5.74) is 0. The molecule has 0 saturated heterocycles. The van der Waals surface area contributed by atoms with Crippen LogP contribution in [0, 0.1) is 22.7 Å². The summed E-state index contributed by atoms with van der Waals surface area (Å²) in [5, 5.41) is 15.9. The predicted molar refractivity (Wildman–Crippen MR) is 46.2 cm³/mol. The van der Waals surface area contributed by atoms with Crippen LogP contribution >= 0.6 is 25.3 Å². The second kappa shape index (κ2) is 7.78. The first-order valence-electron chi connectivity index (χ1n) is 1.39. The zero-order valence-electron chi connectivity index (χ0n) is 3.29. The van der Waals surface area contributed by atoms with Crippen LogP contribution in [0.2, 0.25) is 0 Å². The molecule has 0 fully saturated rings. The van der Waals surface area contributed by atoms with Crippen LogP contribution in [0.3, 0.4) is 0 Å². The van der Waals surface area contributed by atoms with Crippen molar-refractivity contribution in [2.75, 3.05) is 0 Å². The van der Waals surface area contributed by atoms with Gasteiger partial charge >= 0.3 is 59.1 Å². The molecule has 40 valence electrons. The normalized spacial score (nSPS) is 7.11. The molecule has 0 atom stereocenters. The first-order valence-corrected chi connectivity index (χ1v) is 2.29. The van der Waals surface area contributed by atoms with Crippen LogP contribution in [0.1, 0.15) is 0 Å². The van der Waals surface area contributed by atoms with Gasteiger partial charge in [-0.1, -0.05) is 0 Å². The summed E-state index contributed by atoms with van der Waals surface area (Å²) in [6, 6.07) is 3.12. The van der Waals surface area contributed by atoms with Crippen molar-refractivity contribution in [1.29, 1.82) is 10.5 Å². The third kappa shape index (κ3) is 9.68. The molecule has 0 amide bonds. The van der Waals surface area contributed by atoms with E-state index in [1.54, 1.807) is 12.1 Å². The van der Waals surface area contributed by atoms with Crippen molar-refractivity contribution < 1.29 is 0 Å². The number of rotatable bonds is 0. The van der Waals surface area contributed by atoms with Gasteiger partial charge < -0.3 is 0 Å². The quantitative estimate of drug-likeness (QED) is 0.292. The second-order valence-electron chi connectivity index (χ2n) is 0.896. The zero-order valence-corrected chi connectivity index (χ0v) is 5.08. The van der Waals surface area contributed by atoms with E-state index in [1.165, 1.54) is 0 Å². The Kier molecular flexibility index (Phi) is 14.7. The molecule has 0 aliphatic rings. The van der Waals surface area contributed by atoms with Gasteiger partial charge in [0.25, 0.3) is 0 Å². The summed E-state index contributed by atoms with van der Waals surface area (Å²) < 4.78 is -1.42. The van der Waals surface area contributed by atoms with Crippen molar-refractivity contribution in [2.45, 2.75) is 4.08 Å². The van der Waals surface area contributed by atoms with E-state index in [-0.39, 0.29) is 59.1 Å². The fourth-order valence-electron chi connectivity index (χ4n) is 0.0250. The fourth-order valence-corrected chi connectivity index (χ4v) is 0.0250. The summed E-state index contributed by atoms with van der Waals surface area (Å²) >= 11 is 7.06. The molecule has 0 aliphatic heterocycles. The van der Waals surface area contributed by atoms with Gasteiger partial charge in [0.05, 0.1) is 0 Å². The molecule has 0 rings (SSSR count). The maximum atomic E-state index is 7.97. The topological polar surface area (TPSA) is 47.6 Å². The molecule has 6 heteroatoms. The first kappa shape index (κ1) is 17.0. The third-order valence-corrected chi connectivity index (χ3v) is 0.712. The molecule has 0 spiro atoms. The van der Waals surface area contributed by atoms with Gasteiger partial charge in [-0.2, -0.15) is 10.5 Å². The van der Waals surface area contributed by atoms with Crippen molar-refractivity contribution in [3.8, 4) is 12.1 Å².